The fraction of sp³-hybridized carbons (Fsp3) is 0.533. The summed E-state index contributed by atoms with van der Waals surface area (Å²) in [6, 6.07) is 7.80. The minimum absolute atomic E-state index is 0.0457. The molecule has 1 aromatic rings. The second kappa shape index (κ2) is 6.80. The quantitative estimate of drug-likeness (QED) is 0.750. The molecule has 0 aliphatic heterocycles. The molecule has 1 rings (SSSR count). The lowest BCUT2D eigenvalue weighted by Crippen LogP contribution is -2.39. The summed E-state index contributed by atoms with van der Waals surface area (Å²) in [5.41, 5.74) is 0.514. The Labute approximate surface area is 120 Å². The van der Waals surface area contributed by atoms with Crippen LogP contribution in [0.3, 0.4) is 0 Å². The van der Waals surface area contributed by atoms with Crippen LogP contribution in [0.25, 0.3) is 0 Å². The first-order chi connectivity index (χ1) is 8.90. The Morgan fingerprint density at radius 2 is 2.11 bits per heavy atom. The number of carbonyl (C=O) groups excluding carboxylic acids is 1. The Hall–Kier alpha value is -1.22. The predicted molar refractivity (Wildman–Crippen MR) is 78.6 cm³/mol. The molecule has 0 saturated heterocycles. The van der Waals surface area contributed by atoms with Crippen LogP contribution in [0.1, 0.15) is 26.3 Å². The summed E-state index contributed by atoms with van der Waals surface area (Å²) in [4.78, 5) is 13.9. The summed E-state index contributed by atoms with van der Waals surface area (Å²) >= 11 is 5.83. The van der Waals surface area contributed by atoms with Crippen LogP contribution in [0, 0.1) is 5.41 Å². The molecule has 106 valence electrons. The fourth-order valence-electron chi connectivity index (χ4n) is 1.82. The average Bonchev–Trinajstić information content (AvgIpc) is 2.38. The molecule has 3 nitrogen and oxygen atoms in total. The molecule has 0 spiro atoms. The Kier molecular flexibility index (Phi) is 5.67. The van der Waals surface area contributed by atoms with Crippen LogP contribution in [0.4, 0.5) is 0 Å². The van der Waals surface area contributed by atoms with E-state index in [9.17, 15) is 4.79 Å². The van der Waals surface area contributed by atoms with Crippen molar-refractivity contribution in [1.29, 1.82) is 0 Å². The van der Waals surface area contributed by atoms with E-state index < -0.39 is 5.41 Å². The van der Waals surface area contributed by atoms with Gasteiger partial charge in [-0.25, -0.2) is 0 Å². The van der Waals surface area contributed by atoms with Gasteiger partial charge in [0, 0.05) is 19.5 Å². The van der Waals surface area contributed by atoms with Gasteiger partial charge >= 0.3 is 0 Å². The molecule has 0 fully saturated rings. The Morgan fingerprint density at radius 1 is 1.42 bits per heavy atom. The van der Waals surface area contributed by atoms with Crippen LogP contribution in [0.5, 0.6) is 5.75 Å². The lowest BCUT2D eigenvalue weighted by atomic mass is 9.94. The van der Waals surface area contributed by atoms with Gasteiger partial charge in [0.05, 0.1) is 12.0 Å². The lowest BCUT2D eigenvalue weighted by molar-refractivity contribution is -0.138. The van der Waals surface area contributed by atoms with Crippen molar-refractivity contribution in [3.8, 4) is 5.75 Å². The van der Waals surface area contributed by atoms with E-state index in [-0.39, 0.29) is 5.91 Å². The van der Waals surface area contributed by atoms with Crippen molar-refractivity contribution >= 4 is 17.5 Å². The molecule has 0 unspecified atom stereocenters. The van der Waals surface area contributed by atoms with Gasteiger partial charge in [0.2, 0.25) is 5.91 Å². The number of hydrogen-bond donors (Lipinski definition) is 0. The summed E-state index contributed by atoms with van der Waals surface area (Å²) in [6.45, 7) is 6.85. The molecule has 0 saturated carbocycles. The molecule has 0 N–H and O–H groups in total. The molecule has 0 radical (unpaired) electrons. The first kappa shape index (κ1) is 15.8. The Bertz CT molecular complexity index is 432. The minimum atomic E-state index is -0.534. The molecular formula is C15H22ClNO2. The first-order valence-corrected chi connectivity index (χ1v) is 6.97. The van der Waals surface area contributed by atoms with Gasteiger partial charge in [0.1, 0.15) is 5.75 Å². The van der Waals surface area contributed by atoms with Crippen LogP contribution >= 0.6 is 11.6 Å². The van der Waals surface area contributed by atoms with Crippen LogP contribution in [0.2, 0.25) is 0 Å². The highest BCUT2D eigenvalue weighted by Gasteiger charge is 2.29. The van der Waals surface area contributed by atoms with Crippen molar-refractivity contribution in [3.05, 3.63) is 29.8 Å². The van der Waals surface area contributed by atoms with Gasteiger partial charge < -0.3 is 9.64 Å². The van der Waals surface area contributed by atoms with Gasteiger partial charge in [0.15, 0.2) is 0 Å². The third kappa shape index (κ3) is 4.43. The molecule has 0 aromatic heterocycles. The molecule has 1 aromatic carbocycles. The van der Waals surface area contributed by atoms with E-state index in [1.807, 2.05) is 45.0 Å². The molecule has 4 heteroatoms. The zero-order chi connectivity index (χ0) is 14.5. The molecule has 0 heterocycles. The van der Waals surface area contributed by atoms with Crippen LogP contribution in [-0.4, -0.2) is 30.3 Å². The number of ether oxygens (including phenoxy) is 1. The summed E-state index contributed by atoms with van der Waals surface area (Å²) in [5, 5.41) is 0. The highest BCUT2D eigenvalue weighted by Crippen LogP contribution is 2.22. The predicted octanol–water partition coefficient (Wildman–Crippen LogP) is 3.31. The summed E-state index contributed by atoms with van der Waals surface area (Å²) in [5.74, 6) is 1.19. The maximum atomic E-state index is 12.2. The largest absolute Gasteiger partial charge is 0.494 e. The lowest BCUT2D eigenvalue weighted by Gasteiger charge is -2.27. The van der Waals surface area contributed by atoms with Crippen molar-refractivity contribution < 1.29 is 9.53 Å². The highest BCUT2D eigenvalue weighted by molar-refractivity contribution is 6.19. The van der Waals surface area contributed by atoms with E-state index in [1.54, 1.807) is 11.9 Å². The van der Waals surface area contributed by atoms with Crippen LogP contribution < -0.4 is 4.74 Å². The monoisotopic (exact) mass is 283 g/mol. The normalized spacial score (nSPS) is 11.2. The molecule has 0 bridgehead atoms. The van der Waals surface area contributed by atoms with Gasteiger partial charge in [-0.15, -0.1) is 11.6 Å². The Morgan fingerprint density at radius 3 is 2.68 bits per heavy atom. The molecule has 0 atom stereocenters. The van der Waals surface area contributed by atoms with Crippen LogP contribution in [0.15, 0.2) is 24.3 Å². The molecule has 19 heavy (non-hydrogen) atoms. The smallest absolute Gasteiger partial charge is 0.229 e. The number of amides is 1. The number of alkyl halides is 1. The maximum absolute atomic E-state index is 12.2. The maximum Gasteiger partial charge on any atom is 0.229 e. The third-order valence-electron chi connectivity index (χ3n) is 2.89. The van der Waals surface area contributed by atoms with E-state index in [0.29, 0.717) is 19.0 Å². The summed E-state index contributed by atoms with van der Waals surface area (Å²) in [6.07, 6.45) is 0. The minimum Gasteiger partial charge on any atom is -0.494 e. The molecule has 1 amide bonds. The van der Waals surface area contributed by atoms with Crippen molar-refractivity contribution in [2.75, 3.05) is 19.5 Å². The molecule has 0 aliphatic carbocycles. The average molecular weight is 284 g/mol. The van der Waals surface area contributed by atoms with Crippen LogP contribution in [-0.2, 0) is 11.3 Å². The standard InChI is InChI=1S/C15H22ClNO2/c1-5-19-13-8-6-7-12(9-13)10-17(4)14(18)15(2,3)11-16/h6-9H,5,10-11H2,1-4H3. The topological polar surface area (TPSA) is 29.5 Å². The fourth-order valence-corrected chi connectivity index (χ4v) is 1.93. The van der Waals surface area contributed by atoms with Crippen molar-refractivity contribution in [2.24, 2.45) is 5.41 Å². The van der Waals surface area contributed by atoms with Gasteiger partial charge in [-0.3, -0.25) is 4.79 Å². The van der Waals surface area contributed by atoms with Gasteiger partial charge in [-0.1, -0.05) is 12.1 Å². The number of carbonyl (C=O) groups is 1. The van der Waals surface area contributed by atoms with Crippen molar-refractivity contribution in [1.82, 2.24) is 4.90 Å². The van der Waals surface area contributed by atoms with E-state index in [2.05, 4.69) is 0 Å². The third-order valence-corrected chi connectivity index (χ3v) is 3.56. The highest BCUT2D eigenvalue weighted by atomic mass is 35.5. The SMILES string of the molecule is CCOc1cccc(CN(C)C(=O)C(C)(C)CCl)c1. The van der Waals surface area contributed by atoms with E-state index >= 15 is 0 Å². The van der Waals surface area contributed by atoms with Gasteiger partial charge in [0.25, 0.3) is 0 Å². The van der Waals surface area contributed by atoms with Gasteiger partial charge in [-0.05, 0) is 38.5 Å². The second-order valence-electron chi connectivity index (χ2n) is 5.26. The zero-order valence-electron chi connectivity index (χ0n) is 12.1. The molecule has 0 aliphatic rings. The number of rotatable bonds is 6. The van der Waals surface area contributed by atoms with E-state index in [1.165, 1.54) is 0 Å². The van der Waals surface area contributed by atoms with E-state index in [0.717, 1.165) is 11.3 Å². The number of nitrogens with zero attached hydrogens (tertiary/aromatic N) is 1. The number of benzene rings is 1. The summed E-state index contributed by atoms with van der Waals surface area (Å²) < 4.78 is 5.45. The Balaban J connectivity index is 2.74. The summed E-state index contributed by atoms with van der Waals surface area (Å²) in [7, 11) is 1.80. The van der Waals surface area contributed by atoms with E-state index in [4.69, 9.17) is 16.3 Å². The number of hydrogen-bond acceptors (Lipinski definition) is 2. The number of halogens is 1. The van der Waals surface area contributed by atoms with Crippen molar-refractivity contribution in [3.63, 3.8) is 0 Å². The molecular weight excluding hydrogens is 262 g/mol. The van der Waals surface area contributed by atoms with Crippen molar-refractivity contribution in [2.45, 2.75) is 27.3 Å². The zero-order valence-corrected chi connectivity index (χ0v) is 12.8. The van der Waals surface area contributed by atoms with Gasteiger partial charge in [-0.2, -0.15) is 0 Å². The second-order valence-corrected chi connectivity index (χ2v) is 5.53. The first-order valence-electron chi connectivity index (χ1n) is 6.44.